The van der Waals surface area contributed by atoms with Gasteiger partial charge in [0.1, 0.15) is 9.09 Å². The van der Waals surface area contributed by atoms with Gasteiger partial charge >= 0.3 is 5.97 Å². The number of hydrogen-bond donors (Lipinski definition) is 1. The van der Waals surface area contributed by atoms with E-state index in [2.05, 4.69) is 0 Å². The zero-order valence-corrected chi connectivity index (χ0v) is 9.34. The second kappa shape index (κ2) is 3.58. The van der Waals surface area contributed by atoms with Crippen molar-refractivity contribution in [1.82, 2.24) is 4.31 Å². The predicted octanol–water partition coefficient (Wildman–Crippen LogP) is 0.841. The second-order valence-corrected chi connectivity index (χ2v) is 6.43. The van der Waals surface area contributed by atoms with Crippen molar-refractivity contribution in [3.8, 4) is 0 Å². The van der Waals surface area contributed by atoms with Crippen LogP contribution in [-0.2, 0) is 10.0 Å². The number of rotatable bonds is 3. The van der Waals surface area contributed by atoms with Gasteiger partial charge < -0.3 is 5.11 Å². The average molecular weight is 247 g/mol. The van der Waals surface area contributed by atoms with Crippen molar-refractivity contribution in [3.05, 3.63) is 17.0 Å². The fourth-order valence-electron chi connectivity index (χ4n) is 1.23. The molecule has 0 bridgehead atoms. The third kappa shape index (κ3) is 1.77. The molecule has 82 valence electrons. The van der Waals surface area contributed by atoms with Crippen LogP contribution in [0.5, 0.6) is 0 Å². The number of carboxylic acid groups (broad SMARTS) is 1. The molecule has 1 aromatic rings. The Balaban J connectivity index is 2.32. The molecule has 0 unspecified atom stereocenters. The molecule has 0 radical (unpaired) electrons. The molecule has 2 rings (SSSR count). The van der Waals surface area contributed by atoms with Crippen LogP contribution in [-0.4, -0.2) is 36.9 Å². The Hall–Kier alpha value is -0.920. The van der Waals surface area contributed by atoms with Gasteiger partial charge in [0.25, 0.3) is 10.0 Å². The Morgan fingerprint density at radius 2 is 2.07 bits per heavy atom. The quantitative estimate of drug-likeness (QED) is 0.859. The van der Waals surface area contributed by atoms with Crippen LogP contribution in [0, 0.1) is 0 Å². The molecule has 1 N–H and O–H groups in total. The highest BCUT2D eigenvalue weighted by Crippen LogP contribution is 2.27. The first-order valence-corrected chi connectivity index (χ1v) is 6.61. The molecule has 1 saturated heterocycles. The lowest BCUT2D eigenvalue weighted by Crippen LogP contribution is -2.41. The van der Waals surface area contributed by atoms with Crippen LogP contribution in [0.1, 0.15) is 16.1 Å². The molecular formula is C8H9NO4S2. The summed E-state index contributed by atoms with van der Waals surface area (Å²) in [6.45, 7) is 1.06. The molecule has 1 aliphatic rings. The average Bonchev–Trinajstić information content (AvgIpc) is 2.46. The van der Waals surface area contributed by atoms with Crippen LogP contribution in [0.4, 0.5) is 0 Å². The lowest BCUT2D eigenvalue weighted by molar-refractivity contribution is 0.0702. The van der Waals surface area contributed by atoms with Crippen molar-refractivity contribution in [3.63, 3.8) is 0 Å². The van der Waals surface area contributed by atoms with Crippen molar-refractivity contribution >= 4 is 27.3 Å². The lowest BCUT2D eigenvalue weighted by atomic mass is 10.3. The molecule has 15 heavy (non-hydrogen) atoms. The van der Waals surface area contributed by atoms with Crippen molar-refractivity contribution in [2.24, 2.45) is 0 Å². The molecule has 5 nitrogen and oxygen atoms in total. The first-order chi connectivity index (χ1) is 7.01. The van der Waals surface area contributed by atoms with Crippen LogP contribution in [0.15, 0.2) is 16.3 Å². The first kappa shape index (κ1) is 10.6. The molecular weight excluding hydrogens is 238 g/mol. The minimum Gasteiger partial charge on any atom is -0.477 e. The van der Waals surface area contributed by atoms with E-state index >= 15 is 0 Å². The molecule has 2 heterocycles. The minimum absolute atomic E-state index is 0.0501. The van der Waals surface area contributed by atoms with E-state index in [9.17, 15) is 13.2 Å². The summed E-state index contributed by atoms with van der Waals surface area (Å²) < 4.78 is 25.0. The summed E-state index contributed by atoms with van der Waals surface area (Å²) in [5.74, 6) is -1.09. The smallest absolute Gasteiger partial charge is 0.345 e. The van der Waals surface area contributed by atoms with Gasteiger partial charge in [0.2, 0.25) is 0 Å². The third-order valence-corrected chi connectivity index (χ3v) is 5.64. The van der Waals surface area contributed by atoms with E-state index in [4.69, 9.17) is 5.11 Å². The van der Waals surface area contributed by atoms with Gasteiger partial charge in [-0.25, -0.2) is 13.2 Å². The maximum Gasteiger partial charge on any atom is 0.345 e. The molecule has 0 spiro atoms. The molecule has 0 amide bonds. The number of hydrogen-bond acceptors (Lipinski definition) is 4. The predicted molar refractivity (Wildman–Crippen MR) is 54.7 cm³/mol. The summed E-state index contributed by atoms with van der Waals surface area (Å²) in [5.41, 5.74) is 0. The molecule has 1 fully saturated rings. The first-order valence-electron chi connectivity index (χ1n) is 4.35. The zero-order valence-electron chi connectivity index (χ0n) is 7.71. The van der Waals surface area contributed by atoms with E-state index in [1.54, 1.807) is 0 Å². The van der Waals surface area contributed by atoms with E-state index < -0.39 is 16.0 Å². The SMILES string of the molecule is O=C(O)c1ccc(S(=O)(=O)N2CCC2)s1. The van der Waals surface area contributed by atoms with E-state index in [1.807, 2.05) is 0 Å². The van der Waals surface area contributed by atoms with E-state index in [-0.39, 0.29) is 9.09 Å². The van der Waals surface area contributed by atoms with E-state index in [0.29, 0.717) is 13.1 Å². The van der Waals surface area contributed by atoms with Gasteiger partial charge in [0.15, 0.2) is 0 Å². The molecule has 0 saturated carbocycles. The highest BCUT2D eigenvalue weighted by Gasteiger charge is 2.30. The van der Waals surface area contributed by atoms with Crippen molar-refractivity contribution in [2.75, 3.05) is 13.1 Å². The van der Waals surface area contributed by atoms with Crippen molar-refractivity contribution < 1.29 is 18.3 Å². The van der Waals surface area contributed by atoms with Gasteiger partial charge in [-0.15, -0.1) is 11.3 Å². The number of carbonyl (C=O) groups is 1. The number of thiophene rings is 1. The molecule has 7 heteroatoms. The van der Waals surface area contributed by atoms with Crippen molar-refractivity contribution in [2.45, 2.75) is 10.6 Å². The van der Waals surface area contributed by atoms with Crippen LogP contribution in [0.3, 0.4) is 0 Å². The van der Waals surface area contributed by atoms with Gasteiger partial charge in [-0.3, -0.25) is 0 Å². The summed E-state index contributed by atoms with van der Waals surface area (Å²) >= 11 is 0.796. The molecule has 0 atom stereocenters. The van der Waals surface area contributed by atoms with Gasteiger partial charge in [0, 0.05) is 13.1 Å². The fraction of sp³-hybridized carbons (Fsp3) is 0.375. The standard InChI is InChI=1S/C8H9NO4S2/c10-8(11)6-2-3-7(14-6)15(12,13)9-4-1-5-9/h2-3H,1,4-5H2,(H,10,11). The summed E-state index contributed by atoms with van der Waals surface area (Å²) in [6.07, 6.45) is 0.871. The highest BCUT2D eigenvalue weighted by atomic mass is 32.2. The Labute approximate surface area is 91.0 Å². The van der Waals surface area contributed by atoms with Crippen LogP contribution in [0.2, 0.25) is 0 Å². The summed E-state index contributed by atoms with van der Waals surface area (Å²) in [4.78, 5) is 10.6. The van der Waals surface area contributed by atoms with Crippen LogP contribution >= 0.6 is 11.3 Å². The molecule has 1 aromatic heterocycles. The van der Waals surface area contributed by atoms with Crippen LogP contribution < -0.4 is 0 Å². The van der Waals surface area contributed by atoms with Crippen molar-refractivity contribution in [1.29, 1.82) is 0 Å². The normalized spacial score (nSPS) is 17.3. The Morgan fingerprint density at radius 1 is 1.40 bits per heavy atom. The van der Waals surface area contributed by atoms with Crippen LogP contribution in [0.25, 0.3) is 0 Å². The molecule has 0 aliphatic carbocycles. The van der Waals surface area contributed by atoms with Gasteiger partial charge in [-0.2, -0.15) is 4.31 Å². The number of nitrogens with zero attached hydrogens (tertiary/aromatic N) is 1. The monoisotopic (exact) mass is 247 g/mol. The van der Waals surface area contributed by atoms with Gasteiger partial charge in [0.05, 0.1) is 0 Å². The lowest BCUT2D eigenvalue weighted by Gasteiger charge is -2.28. The number of sulfonamides is 1. The maximum atomic E-state index is 11.8. The third-order valence-electron chi connectivity index (χ3n) is 2.20. The maximum absolute atomic E-state index is 11.8. The Morgan fingerprint density at radius 3 is 2.47 bits per heavy atom. The number of carboxylic acids is 1. The second-order valence-electron chi connectivity index (χ2n) is 3.18. The van der Waals surface area contributed by atoms with Gasteiger partial charge in [-0.05, 0) is 18.6 Å². The summed E-state index contributed by atoms with van der Waals surface area (Å²) in [5, 5.41) is 8.68. The van der Waals surface area contributed by atoms with Gasteiger partial charge in [-0.1, -0.05) is 0 Å². The summed E-state index contributed by atoms with van der Waals surface area (Å²) in [6, 6.07) is 2.67. The van der Waals surface area contributed by atoms with E-state index in [0.717, 1.165) is 17.8 Å². The Bertz CT molecular complexity index is 486. The number of aromatic carboxylic acids is 1. The highest BCUT2D eigenvalue weighted by molar-refractivity contribution is 7.91. The Kier molecular flexibility index (Phi) is 2.53. The molecule has 1 aliphatic heterocycles. The largest absolute Gasteiger partial charge is 0.477 e. The minimum atomic E-state index is -3.43. The van der Waals surface area contributed by atoms with E-state index in [1.165, 1.54) is 16.4 Å². The summed E-state index contributed by atoms with van der Waals surface area (Å²) in [7, 11) is -3.43. The topological polar surface area (TPSA) is 74.7 Å². The zero-order chi connectivity index (χ0) is 11.1. The fourth-order valence-corrected chi connectivity index (χ4v) is 4.04. The molecule has 0 aromatic carbocycles.